The first-order valence-electron chi connectivity index (χ1n) is 10.4. The molecule has 1 saturated heterocycles. The number of benzene rings is 2. The Morgan fingerprint density at radius 2 is 1.70 bits per heavy atom. The molecule has 0 unspecified atom stereocenters. The van der Waals surface area contributed by atoms with Crippen LogP contribution in [0, 0.1) is 5.92 Å². The fourth-order valence-corrected chi connectivity index (χ4v) is 4.96. The largest absolute Gasteiger partial charge is 0.497 e. The molecule has 0 saturated carbocycles. The van der Waals surface area contributed by atoms with Crippen LogP contribution in [0.25, 0.3) is 11.1 Å². The van der Waals surface area contributed by atoms with Crippen LogP contribution in [0.2, 0.25) is 0 Å². The minimum atomic E-state index is 0.0420. The van der Waals surface area contributed by atoms with Crippen LogP contribution < -0.4 is 10.3 Å². The number of likely N-dealkylation sites (tertiary alicyclic amines) is 1. The number of aromatic nitrogens is 1. The summed E-state index contributed by atoms with van der Waals surface area (Å²) in [5, 5.41) is 0. The number of methoxy groups -OCH3 is 1. The second-order valence-corrected chi connectivity index (χ2v) is 8.18. The van der Waals surface area contributed by atoms with Gasteiger partial charge >= 0.3 is 0 Å². The topological polar surface area (TPSA) is 51.5 Å². The van der Waals surface area contributed by atoms with Crippen LogP contribution in [0.4, 0.5) is 0 Å². The first-order valence-corrected chi connectivity index (χ1v) is 10.4. The van der Waals surface area contributed by atoms with Gasteiger partial charge in [0.05, 0.1) is 7.11 Å². The molecule has 5 rings (SSSR count). The van der Waals surface area contributed by atoms with E-state index in [1.54, 1.807) is 13.2 Å². The Kier molecular flexibility index (Phi) is 4.66. The van der Waals surface area contributed by atoms with Gasteiger partial charge in [0.1, 0.15) is 5.75 Å². The van der Waals surface area contributed by atoms with Gasteiger partial charge in [0.15, 0.2) is 0 Å². The van der Waals surface area contributed by atoms with E-state index in [9.17, 15) is 9.59 Å². The molecular weight excluding hydrogens is 376 g/mol. The maximum atomic E-state index is 13.2. The first kappa shape index (κ1) is 18.7. The van der Waals surface area contributed by atoms with E-state index in [0.717, 1.165) is 29.0 Å². The Hall–Kier alpha value is -3.34. The number of nitrogens with zero attached hydrogens (tertiary/aromatic N) is 2. The third-order valence-corrected chi connectivity index (χ3v) is 6.30. The highest BCUT2D eigenvalue weighted by atomic mass is 16.5. The SMILES string of the molecule is COc1ccc(C(=O)N2C[C@H]3C[C@H](C2)c2c(-c4ccccc4)ccc(=O)n2C3)cc1. The van der Waals surface area contributed by atoms with Crippen molar-refractivity contribution in [2.24, 2.45) is 5.92 Å². The van der Waals surface area contributed by atoms with Crippen LogP contribution in [-0.2, 0) is 6.54 Å². The summed E-state index contributed by atoms with van der Waals surface area (Å²) in [6.07, 6.45) is 1.01. The van der Waals surface area contributed by atoms with Crippen molar-refractivity contribution >= 4 is 5.91 Å². The maximum absolute atomic E-state index is 13.2. The van der Waals surface area contributed by atoms with E-state index in [0.29, 0.717) is 31.1 Å². The average molecular weight is 400 g/mol. The van der Waals surface area contributed by atoms with Gasteiger partial charge in [-0.25, -0.2) is 0 Å². The highest BCUT2D eigenvalue weighted by Gasteiger charge is 2.38. The molecule has 5 nitrogen and oxygen atoms in total. The van der Waals surface area contributed by atoms with Crippen molar-refractivity contribution in [2.45, 2.75) is 18.9 Å². The van der Waals surface area contributed by atoms with Gasteiger partial charge in [-0.2, -0.15) is 0 Å². The summed E-state index contributed by atoms with van der Waals surface area (Å²) in [5.41, 5.74) is 3.99. The molecule has 1 fully saturated rings. The summed E-state index contributed by atoms with van der Waals surface area (Å²) in [6.45, 7) is 1.98. The van der Waals surface area contributed by atoms with Crippen molar-refractivity contribution in [3.8, 4) is 16.9 Å². The van der Waals surface area contributed by atoms with E-state index in [1.165, 1.54) is 0 Å². The van der Waals surface area contributed by atoms with Gasteiger partial charge in [-0.3, -0.25) is 9.59 Å². The Balaban J connectivity index is 1.50. The molecule has 0 spiro atoms. The standard InChI is InChI=1S/C25H24N2O3/c1-30-21-9-7-19(8-10-21)25(29)26-14-17-13-20(16-26)24-22(18-5-3-2-4-6-18)11-12-23(28)27(24)15-17/h2-12,17,20H,13-16H2,1H3/t17-,20-/m1/s1. The molecule has 0 radical (unpaired) electrons. The lowest BCUT2D eigenvalue weighted by Gasteiger charge is -2.43. The fraction of sp³-hybridized carbons (Fsp3) is 0.280. The minimum Gasteiger partial charge on any atom is -0.497 e. The summed E-state index contributed by atoms with van der Waals surface area (Å²) < 4.78 is 7.14. The Morgan fingerprint density at radius 3 is 2.43 bits per heavy atom. The van der Waals surface area contributed by atoms with Crippen molar-refractivity contribution in [1.29, 1.82) is 0 Å². The van der Waals surface area contributed by atoms with Gasteiger partial charge < -0.3 is 14.2 Å². The molecule has 30 heavy (non-hydrogen) atoms. The summed E-state index contributed by atoms with van der Waals surface area (Å²) in [6, 6.07) is 21.1. The lowest BCUT2D eigenvalue weighted by atomic mass is 9.80. The molecule has 3 heterocycles. The molecule has 2 atom stereocenters. The van der Waals surface area contributed by atoms with E-state index in [1.807, 2.05) is 58.0 Å². The number of piperidine rings is 1. The van der Waals surface area contributed by atoms with E-state index in [4.69, 9.17) is 4.74 Å². The van der Waals surface area contributed by atoms with Gasteiger partial charge in [0.25, 0.3) is 11.5 Å². The predicted octanol–water partition coefficient (Wildman–Crippen LogP) is 3.78. The van der Waals surface area contributed by atoms with Gasteiger partial charge in [0.2, 0.25) is 0 Å². The van der Waals surface area contributed by atoms with E-state index >= 15 is 0 Å². The van der Waals surface area contributed by atoms with Crippen LogP contribution in [0.1, 0.15) is 28.4 Å². The van der Waals surface area contributed by atoms with Crippen molar-refractivity contribution in [2.75, 3.05) is 20.2 Å². The molecule has 2 aliphatic heterocycles. The second kappa shape index (κ2) is 7.48. The number of rotatable bonds is 3. The number of hydrogen-bond acceptors (Lipinski definition) is 3. The zero-order valence-corrected chi connectivity index (χ0v) is 17.0. The highest BCUT2D eigenvalue weighted by Crippen LogP contribution is 2.40. The fourth-order valence-electron chi connectivity index (χ4n) is 4.96. The molecule has 3 aromatic rings. The van der Waals surface area contributed by atoms with E-state index in [-0.39, 0.29) is 17.4 Å². The van der Waals surface area contributed by atoms with Crippen molar-refractivity contribution in [3.05, 3.63) is 88.3 Å². The minimum absolute atomic E-state index is 0.0420. The number of carbonyl (C=O) groups excluding carboxylic acids is 1. The molecule has 1 amide bonds. The Labute approximate surface area is 175 Å². The summed E-state index contributed by atoms with van der Waals surface area (Å²) in [7, 11) is 1.62. The molecule has 5 heteroatoms. The number of ether oxygens (including phenoxy) is 1. The zero-order valence-electron chi connectivity index (χ0n) is 17.0. The Morgan fingerprint density at radius 1 is 0.933 bits per heavy atom. The van der Waals surface area contributed by atoms with Crippen LogP contribution in [0.15, 0.2) is 71.5 Å². The number of pyridine rings is 1. The third-order valence-electron chi connectivity index (χ3n) is 6.30. The molecule has 0 aliphatic carbocycles. The normalized spacial score (nSPS) is 19.8. The smallest absolute Gasteiger partial charge is 0.253 e. The van der Waals surface area contributed by atoms with Crippen LogP contribution in [0.3, 0.4) is 0 Å². The Bertz CT molecular complexity index is 1140. The number of hydrogen-bond donors (Lipinski definition) is 0. The van der Waals surface area contributed by atoms with Crippen molar-refractivity contribution in [1.82, 2.24) is 9.47 Å². The molecule has 1 aromatic heterocycles. The second-order valence-electron chi connectivity index (χ2n) is 8.18. The molecule has 2 aromatic carbocycles. The number of amides is 1. The molecule has 0 N–H and O–H groups in total. The highest BCUT2D eigenvalue weighted by molar-refractivity contribution is 5.94. The molecule has 2 aliphatic rings. The van der Waals surface area contributed by atoms with Crippen LogP contribution in [-0.4, -0.2) is 35.6 Å². The molecule has 152 valence electrons. The zero-order chi connectivity index (χ0) is 20.7. The monoisotopic (exact) mass is 400 g/mol. The summed E-state index contributed by atoms with van der Waals surface area (Å²) in [5.74, 6) is 1.23. The predicted molar refractivity (Wildman–Crippen MR) is 116 cm³/mol. The maximum Gasteiger partial charge on any atom is 0.253 e. The lowest BCUT2D eigenvalue weighted by Crippen LogP contribution is -2.49. The van der Waals surface area contributed by atoms with Crippen molar-refractivity contribution < 1.29 is 9.53 Å². The summed E-state index contributed by atoms with van der Waals surface area (Å²) >= 11 is 0. The van der Waals surface area contributed by atoms with E-state index < -0.39 is 0 Å². The van der Waals surface area contributed by atoms with Crippen LogP contribution in [0.5, 0.6) is 5.75 Å². The van der Waals surface area contributed by atoms with Crippen LogP contribution >= 0.6 is 0 Å². The first-order chi connectivity index (χ1) is 14.6. The quantitative estimate of drug-likeness (QED) is 0.672. The number of carbonyl (C=O) groups is 1. The molecular formula is C25H24N2O3. The summed E-state index contributed by atoms with van der Waals surface area (Å²) in [4.78, 5) is 27.8. The van der Waals surface area contributed by atoms with Gasteiger partial charge in [-0.1, -0.05) is 30.3 Å². The van der Waals surface area contributed by atoms with Gasteiger partial charge in [-0.15, -0.1) is 0 Å². The lowest BCUT2D eigenvalue weighted by molar-refractivity contribution is 0.0595. The van der Waals surface area contributed by atoms with Crippen molar-refractivity contribution in [3.63, 3.8) is 0 Å². The number of fused-ring (bicyclic) bond motifs is 4. The molecule has 2 bridgehead atoms. The third kappa shape index (κ3) is 3.20. The van der Waals surface area contributed by atoms with Gasteiger partial charge in [0, 0.05) is 48.4 Å². The van der Waals surface area contributed by atoms with E-state index in [2.05, 4.69) is 12.1 Å². The average Bonchev–Trinajstić information content (AvgIpc) is 2.80. The van der Waals surface area contributed by atoms with Gasteiger partial charge in [-0.05, 0) is 48.2 Å².